The van der Waals surface area contributed by atoms with Crippen LogP contribution in [0.1, 0.15) is 54.9 Å². The fourth-order valence-corrected chi connectivity index (χ4v) is 4.49. The first-order valence-electron chi connectivity index (χ1n) is 12.9. The van der Waals surface area contributed by atoms with Gasteiger partial charge in [-0.1, -0.05) is 59.6 Å². The Morgan fingerprint density at radius 2 is 1.69 bits per heavy atom. The summed E-state index contributed by atoms with van der Waals surface area (Å²) in [6.45, 7) is 6.28. The quantitative estimate of drug-likeness (QED) is 0.274. The summed E-state index contributed by atoms with van der Waals surface area (Å²) in [5.74, 6) is 2.06. The number of rotatable bonds is 7. The molecule has 2 fully saturated rings. The number of ether oxygens (including phenoxy) is 1. The van der Waals surface area contributed by atoms with Crippen molar-refractivity contribution >= 4 is 27.7 Å². The molecular weight excluding hydrogens is 520 g/mol. The lowest BCUT2D eigenvalue weighted by Gasteiger charge is -2.37. The highest BCUT2D eigenvalue weighted by molar-refractivity contribution is 9.08. The van der Waals surface area contributed by atoms with Gasteiger partial charge in [-0.25, -0.2) is 0 Å². The lowest BCUT2D eigenvalue weighted by molar-refractivity contribution is -0.154. The predicted octanol–water partition coefficient (Wildman–Crippen LogP) is 5.23. The number of nitrogens with one attached hydrogen (secondary N) is 1. The van der Waals surface area contributed by atoms with Crippen molar-refractivity contribution in [3.05, 3.63) is 65.7 Å². The van der Waals surface area contributed by atoms with Gasteiger partial charge in [0.2, 0.25) is 0 Å². The number of hydrogen-bond acceptors (Lipinski definition) is 6. The Morgan fingerprint density at radius 1 is 1.03 bits per heavy atom. The summed E-state index contributed by atoms with van der Waals surface area (Å²) >= 11 is 2.94. The van der Waals surface area contributed by atoms with Crippen LogP contribution in [0, 0.1) is 5.92 Å². The third-order valence-electron chi connectivity index (χ3n) is 6.54. The molecule has 0 radical (unpaired) electrons. The monoisotopic (exact) mass is 560 g/mol. The van der Waals surface area contributed by atoms with Crippen molar-refractivity contribution < 1.29 is 19.4 Å². The van der Waals surface area contributed by atoms with Gasteiger partial charge < -0.3 is 15.2 Å². The van der Waals surface area contributed by atoms with Gasteiger partial charge in [0.1, 0.15) is 11.9 Å². The van der Waals surface area contributed by atoms with Crippen LogP contribution in [-0.4, -0.2) is 66.4 Å². The van der Waals surface area contributed by atoms with E-state index in [1.54, 1.807) is 12.1 Å². The van der Waals surface area contributed by atoms with Crippen LogP contribution < -0.4 is 5.32 Å². The Morgan fingerprint density at radius 3 is 2.25 bits per heavy atom. The zero-order valence-electron chi connectivity index (χ0n) is 21.6. The summed E-state index contributed by atoms with van der Waals surface area (Å²) in [4.78, 5) is 27.0. The number of alkyl halides is 1. The van der Waals surface area contributed by atoms with E-state index in [1.165, 1.54) is 44.5 Å². The van der Waals surface area contributed by atoms with Gasteiger partial charge in [-0.05, 0) is 86.9 Å². The van der Waals surface area contributed by atoms with Gasteiger partial charge in [0, 0.05) is 12.1 Å². The van der Waals surface area contributed by atoms with Crippen molar-refractivity contribution in [1.29, 1.82) is 0 Å². The van der Waals surface area contributed by atoms with E-state index >= 15 is 0 Å². The SMILES string of the molecule is C1CCNCC1.CBr.CCC1CCN(CC(=O)c2ccc(O)cc2)C[C@@H]1OC(=O)Cc1ccccc1. The number of likely N-dealkylation sites (tertiary alicyclic amines) is 1. The first kappa shape index (κ1) is 30.0. The van der Waals surface area contributed by atoms with Crippen molar-refractivity contribution in [3.63, 3.8) is 0 Å². The second kappa shape index (κ2) is 17.3. The number of nitrogens with zero attached hydrogens (tertiary/aromatic N) is 1. The maximum Gasteiger partial charge on any atom is 0.310 e. The standard InChI is InChI=1S/C23H27NO4.C5H11N.CH3Br/c1-2-18-12-13-24(15-21(26)19-8-10-20(25)11-9-19)16-22(18)28-23(27)14-17-6-4-3-5-7-17;1-2-4-6-5-3-1;1-2/h3-11,18,22,25H,2,12-16H2,1H3;6H,1-5H2;1H3/t18?,22-;;/m0../s1. The minimum Gasteiger partial charge on any atom is -0.508 e. The number of piperidine rings is 2. The van der Waals surface area contributed by atoms with Crippen molar-refractivity contribution in [2.75, 3.05) is 38.6 Å². The molecule has 2 N–H and O–H groups in total. The number of Topliss-reactive ketones (excluding diaryl/α,β-unsaturated/α-hetero) is 1. The lowest BCUT2D eigenvalue weighted by atomic mass is 9.91. The first-order chi connectivity index (χ1) is 17.5. The van der Waals surface area contributed by atoms with Crippen molar-refractivity contribution in [1.82, 2.24) is 10.2 Å². The molecule has 36 heavy (non-hydrogen) atoms. The van der Waals surface area contributed by atoms with Gasteiger partial charge in [0.25, 0.3) is 0 Å². The van der Waals surface area contributed by atoms with Crippen molar-refractivity contribution in [3.8, 4) is 5.75 Å². The third kappa shape index (κ3) is 10.8. The van der Waals surface area contributed by atoms with Crippen LogP contribution in [0.5, 0.6) is 5.75 Å². The summed E-state index contributed by atoms with van der Waals surface area (Å²) in [6.07, 6.45) is 6.14. The van der Waals surface area contributed by atoms with Crippen LogP contribution in [0.2, 0.25) is 0 Å². The number of phenols is 1. The van der Waals surface area contributed by atoms with E-state index in [-0.39, 0.29) is 36.6 Å². The van der Waals surface area contributed by atoms with Gasteiger partial charge in [-0.2, -0.15) is 0 Å². The molecule has 0 saturated carbocycles. The van der Waals surface area contributed by atoms with E-state index in [1.807, 2.05) is 36.2 Å². The van der Waals surface area contributed by atoms with Crippen molar-refractivity contribution in [2.45, 2.75) is 51.6 Å². The molecule has 2 aliphatic heterocycles. The van der Waals surface area contributed by atoms with Crippen LogP contribution in [0.15, 0.2) is 54.6 Å². The molecule has 1 unspecified atom stereocenters. The van der Waals surface area contributed by atoms with Crippen LogP contribution in [0.25, 0.3) is 0 Å². The normalized spacial score (nSPS) is 19.6. The number of benzene rings is 2. The Hall–Kier alpha value is -2.22. The summed E-state index contributed by atoms with van der Waals surface area (Å²) in [5, 5.41) is 12.7. The topological polar surface area (TPSA) is 78.9 Å². The maximum atomic E-state index is 12.5. The highest BCUT2D eigenvalue weighted by Crippen LogP contribution is 2.24. The highest BCUT2D eigenvalue weighted by atomic mass is 79.9. The molecule has 0 amide bonds. The minimum atomic E-state index is -0.221. The average molecular weight is 562 g/mol. The Kier molecular flexibility index (Phi) is 14.4. The van der Waals surface area contributed by atoms with E-state index in [0.717, 1.165) is 24.9 Å². The molecule has 2 heterocycles. The predicted molar refractivity (Wildman–Crippen MR) is 149 cm³/mol. The van der Waals surface area contributed by atoms with Crippen molar-refractivity contribution in [2.24, 2.45) is 5.92 Å². The molecule has 0 spiro atoms. The van der Waals surface area contributed by atoms with Crippen LogP contribution in [0.4, 0.5) is 0 Å². The Labute approximate surface area is 224 Å². The number of aromatic hydroxyl groups is 1. The van der Waals surface area contributed by atoms with E-state index in [9.17, 15) is 14.7 Å². The molecule has 0 aromatic heterocycles. The molecule has 4 rings (SSSR count). The fourth-order valence-electron chi connectivity index (χ4n) is 4.49. The second-order valence-corrected chi connectivity index (χ2v) is 9.16. The van der Waals surface area contributed by atoms with Crippen LogP contribution >= 0.6 is 15.9 Å². The van der Waals surface area contributed by atoms with Gasteiger partial charge in [-0.15, -0.1) is 0 Å². The largest absolute Gasteiger partial charge is 0.508 e. The van der Waals surface area contributed by atoms with Gasteiger partial charge >= 0.3 is 5.97 Å². The van der Waals surface area contributed by atoms with E-state index in [0.29, 0.717) is 18.0 Å². The summed E-state index contributed by atoms with van der Waals surface area (Å²) in [6, 6.07) is 15.9. The number of halogens is 1. The molecule has 0 bridgehead atoms. The zero-order chi connectivity index (χ0) is 26.2. The molecule has 2 aromatic carbocycles. The van der Waals surface area contributed by atoms with Gasteiger partial charge in [0.05, 0.1) is 13.0 Å². The first-order valence-corrected chi connectivity index (χ1v) is 14.5. The summed E-state index contributed by atoms with van der Waals surface area (Å²) in [5.41, 5.74) is 1.52. The van der Waals surface area contributed by atoms with E-state index in [2.05, 4.69) is 33.1 Å². The smallest absolute Gasteiger partial charge is 0.310 e. The molecular formula is C29H41BrN2O4. The molecule has 2 aromatic rings. The van der Waals surface area contributed by atoms with Crippen LogP contribution in [0.3, 0.4) is 0 Å². The molecule has 2 atom stereocenters. The van der Waals surface area contributed by atoms with Gasteiger partial charge in [-0.3, -0.25) is 14.5 Å². The number of hydrogen-bond donors (Lipinski definition) is 2. The molecule has 198 valence electrons. The Balaban J connectivity index is 0.000000491. The van der Waals surface area contributed by atoms with Gasteiger partial charge in [0.15, 0.2) is 5.78 Å². The maximum absolute atomic E-state index is 12.5. The molecule has 2 aliphatic rings. The zero-order valence-corrected chi connectivity index (χ0v) is 23.2. The number of carbonyl (C=O) groups excluding carboxylic acids is 2. The lowest BCUT2D eigenvalue weighted by Crippen LogP contribution is -2.47. The Bertz CT molecular complexity index is 876. The number of carbonyl (C=O) groups is 2. The highest BCUT2D eigenvalue weighted by Gasteiger charge is 2.31. The van der Waals surface area contributed by atoms with Crippen LogP contribution in [-0.2, 0) is 16.0 Å². The number of esters is 1. The summed E-state index contributed by atoms with van der Waals surface area (Å²) < 4.78 is 5.81. The second-order valence-electron chi connectivity index (χ2n) is 9.16. The fraction of sp³-hybridized carbons (Fsp3) is 0.517. The third-order valence-corrected chi connectivity index (χ3v) is 6.54. The molecule has 7 heteroatoms. The number of phenolic OH excluding ortho intramolecular Hbond substituents is 1. The molecule has 6 nitrogen and oxygen atoms in total. The van der Waals surface area contributed by atoms with E-state index in [4.69, 9.17) is 4.74 Å². The summed E-state index contributed by atoms with van der Waals surface area (Å²) in [7, 11) is 0. The molecule has 2 saturated heterocycles. The molecule has 0 aliphatic carbocycles. The van der Waals surface area contributed by atoms with E-state index < -0.39 is 0 Å². The minimum absolute atomic E-state index is 0.00399. The number of ketones is 1. The average Bonchev–Trinajstić information content (AvgIpc) is 2.92.